The van der Waals surface area contributed by atoms with Crippen LogP contribution in [0.4, 0.5) is 5.69 Å². The molecule has 0 aliphatic carbocycles. The molecule has 4 nitrogen and oxygen atoms in total. The van der Waals surface area contributed by atoms with E-state index in [1.54, 1.807) is 29.8 Å². The van der Waals surface area contributed by atoms with Crippen LogP contribution in [0.3, 0.4) is 0 Å². The molecule has 0 aliphatic rings. The van der Waals surface area contributed by atoms with E-state index in [4.69, 9.17) is 5.73 Å². The van der Waals surface area contributed by atoms with Crippen molar-refractivity contribution < 1.29 is 0 Å². The lowest BCUT2D eigenvalue weighted by molar-refractivity contribution is 0.727. The minimum atomic E-state index is -0.0376. The second-order valence-electron chi connectivity index (χ2n) is 3.24. The molecule has 0 saturated carbocycles. The van der Waals surface area contributed by atoms with Gasteiger partial charge in [0.15, 0.2) is 5.16 Å². The van der Waals surface area contributed by atoms with Crippen LogP contribution < -0.4 is 11.3 Å². The third-order valence-electron chi connectivity index (χ3n) is 2.24. The number of fused-ring (bicyclic) bond motifs is 1. The highest BCUT2D eigenvalue weighted by atomic mass is 32.2. The first kappa shape index (κ1) is 10.0. The zero-order valence-corrected chi connectivity index (χ0v) is 9.34. The molecule has 1 aromatic heterocycles. The lowest BCUT2D eigenvalue weighted by atomic mass is 10.2. The first-order valence-corrected chi connectivity index (χ1v) is 5.66. The van der Waals surface area contributed by atoms with Crippen molar-refractivity contribution in [2.75, 3.05) is 12.0 Å². The van der Waals surface area contributed by atoms with Gasteiger partial charge in [-0.2, -0.15) is 0 Å². The second kappa shape index (κ2) is 3.58. The van der Waals surface area contributed by atoms with Crippen LogP contribution >= 0.6 is 11.8 Å². The Balaban J connectivity index is 2.91. The summed E-state index contributed by atoms with van der Waals surface area (Å²) in [5.41, 5.74) is 6.89. The highest BCUT2D eigenvalue weighted by Crippen LogP contribution is 2.16. The molecule has 0 unspecified atom stereocenters. The Hall–Kier alpha value is -1.49. The van der Waals surface area contributed by atoms with E-state index >= 15 is 0 Å². The molecule has 5 heteroatoms. The predicted octanol–water partition coefficient (Wildman–Crippen LogP) is 1.24. The van der Waals surface area contributed by atoms with E-state index in [1.165, 1.54) is 11.8 Å². The van der Waals surface area contributed by atoms with Crippen molar-refractivity contribution in [2.45, 2.75) is 5.16 Å². The fraction of sp³-hybridized carbons (Fsp3) is 0.200. The Labute approximate surface area is 91.1 Å². The molecule has 78 valence electrons. The van der Waals surface area contributed by atoms with Crippen LogP contribution in [0, 0.1) is 0 Å². The van der Waals surface area contributed by atoms with Crippen LogP contribution in [0.5, 0.6) is 0 Å². The zero-order chi connectivity index (χ0) is 11.0. The molecule has 1 heterocycles. The number of hydrogen-bond donors (Lipinski definition) is 1. The molecule has 2 rings (SSSR count). The normalized spacial score (nSPS) is 10.8. The van der Waals surface area contributed by atoms with Gasteiger partial charge < -0.3 is 5.73 Å². The summed E-state index contributed by atoms with van der Waals surface area (Å²) in [7, 11) is 1.72. The third-order valence-corrected chi connectivity index (χ3v) is 2.97. The number of nitrogens with zero attached hydrogens (tertiary/aromatic N) is 2. The molecule has 2 N–H and O–H groups in total. The molecule has 0 bridgehead atoms. The maximum Gasteiger partial charge on any atom is 0.261 e. The summed E-state index contributed by atoms with van der Waals surface area (Å²) in [5, 5.41) is 1.29. The van der Waals surface area contributed by atoms with Crippen LogP contribution in [0.1, 0.15) is 0 Å². The Morgan fingerprint density at radius 3 is 2.87 bits per heavy atom. The van der Waals surface area contributed by atoms with E-state index in [9.17, 15) is 4.79 Å². The van der Waals surface area contributed by atoms with Crippen LogP contribution in [0.2, 0.25) is 0 Å². The third kappa shape index (κ3) is 1.59. The maximum atomic E-state index is 11.9. The van der Waals surface area contributed by atoms with Gasteiger partial charge in [-0.05, 0) is 24.5 Å². The summed E-state index contributed by atoms with van der Waals surface area (Å²) in [4.78, 5) is 16.2. The standard InChI is InChI=1S/C10H11N3OS/c1-13-9(14)7-4-3-6(11)5-8(7)12-10(13)15-2/h3-5H,11H2,1-2H3. The van der Waals surface area contributed by atoms with E-state index in [0.29, 0.717) is 21.7 Å². The molecule has 0 saturated heterocycles. The van der Waals surface area contributed by atoms with Gasteiger partial charge in [0.25, 0.3) is 5.56 Å². The Bertz CT molecular complexity index is 577. The highest BCUT2D eigenvalue weighted by molar-refractivity contribution is 7.98. The van der Waals surface area contributed by atoms with E-state index in [2.05, 4.69) is 4.98 Å². The largest absolute Gasteiger partial charge is 0.399 e. The quantitative estimate of drug-likeness (QED) is 0.447. The SMILES string of the molecule is CSc1nc2cc(N)ccc2c(=O)n1C. The van der Waals surface area contributed by atoms with Gasteiger partial charge in [0.1, 0.15) is 0 Å². The molecule has 15 heavy (non-hydrogen) atoms. The van der Waals surface area contributed by atoms with E-state index in [-0.39, 0.29) is 5.56 Å². The Kier molecular flexibility index (Phi) is 2.40. The van der Waals surface area contributed by atoms with Gasteiger partial charge in [0, 0.05) is 12.7 Å². The van der Waals surface area contributed by atoms with E-state index in [1.807, 2.05) is 6.26 Å². The number of anilines is 1. The number of nitrogen functional groups attached to an aromatic ring is 1. The average molecular weight is 221 g/mol. The summed E-state index contributed by atoms with van der Waals surface area (Å²) < 4.78 is 1.54. The minimum absolute atomic E-state index is 0.0376. The van der Waals surface area contributed by atoms with Gasteiger partial charge in [0.05, 0.1) is 10.9 Å². The van der Waals surface area contributed by atoms with Crippen LogP contribution in [-0.4, -0.2) is 15.8 Å². The summed E-state index contributed by atoms with van der Waals surface area (Å²) >= 11 is 1.44. The molecule has 0 aliphatic heterocycles. The number of aromatic nitrogens is 2. The van der Waals surface area contributed by atoms with Gasteiger partial charge in [-0.1, -0.05) is 11.8 Å². The molecule has 0 atom stereocenters. The first-order chi connectivity index (χ1) is 7.13. The number of nitrogens with two attached hydrogens (primary N) is 1. The molecule has 1 aromatic carbocycles. The molecule has 2 aromatic rings. The number of rotatable bonds is 1. The molecular formula is C10H11N3OS. The Morgan fingerprint density at radius 2 is 2.20 bits per heavy atom. The van der Waals surface area contributed by atoms with Gasteiger partial charge in [-0.25, -0.2) is 4.98 Å². The smallest absolute Gasteiger partial charge is 0.261 e. The summed E-state index contributed by atoms with van der Waals surface area (Å²) in [6, 6.07) is 5.14. The van der Waals surface area contributed by atoms with Crippen molar-refractivity contribution >= 4 is 28.4 Å². The molecule has 0 fully saturated rings. The lowest BCUT2D eigenvalue weighted by Crippen LogP contribution is -2.19. The van der Waals surface area contributed by atoms with Crippen molar-refractivity contribution in [1.29, 1.82) is 0 Å². The maximum absolute atomic E-state index is 11.9. The van der Waals surface area contributed by atoms with Crippen molar-refractivity contribution in [3.05, 3.63) is 28.6 Å². The molecule has 0 amide bonds. The van der Waals surface area contributed by atoms with E-state index in [0.717, 1.165) is 0 Å². The second-order valence-corrected chi connectivity index (χ2v) is 4.01. The average Bonchev–Trinajstić information content (AvgIpc) is 2.23. The fourth-order valence-electron chi connectivity index (χ4n) is 1.45. The van der Waals surface area contributed by atoms with Crippen LogP contribution in [-0.2, 0) is 7.05 Å². The first-order valence-electron chi connectivity index (χ1n) is 4.43. The number of thioether (sulfide) groups is 1. The van der Waals surface area contributed by atoms with Gasteiger partial charge in [-0.3, -0.25) is 9.36 Å². The summed E-state index contributed by atoms with van der Waals surface area (Å²) in [5.74, 6) is 0. The van der Waals surface area contributed by atoms with Gasteiger partial charge >= 0.3 is 0 Å². The van der Waals surface area contributed by atoms with Crippen LogP contribution in [0.25, 0.3) is 10.9 Å². The minimum Gasteiger partial charge on any atom is -0.399 e. The van der Waals surface area contributed by atoms with Crippen molar-refractivity contribution in [1.82, 2.24) is 9.55 Å². The van der Waals surface area contributed by atoms with Gasteiger partial charge in [0.2, 0.25) is 0 Å². The van der Waals surface area contributed by atoms with E-state index < -0.39 is 0 Å². The number of benzene rings is 1. The fourth-order valence-corrected chi connectivity index (χ4v) is 2.00. The van der Waals surface area contributed by atoms with Crippen molar-refractivity contribution in [2.24, 2.45) is 7.05 Å². The Morgan fingerprint density at radius 1 is 1.47 bits per heavy atom. The molecule has 0 spiro atoms. The van der Waals surface area contributed by atoms with Crippen molar-refractivity contribution in [3.63, 3.8) is 0 Å². The number of hydrogen-bond acceptors (Lipinski definition) is 4. The van der Waals surface area contributed by atoms with Crippen LogP contribution in [0.15, 0.2) is 28.2 Å². The van der Waals surface area contributed by atoms with Crippen molar-refractivity contribution in [3.8, 4) is 0 Å². The monoisotopic (exact) mass is 221 g/mol. The summed E-state index contributed by atoms with van der Waals surface area (Å²) in [6.07, 6.45) is 1.89. The molecule has 0 radical (unpaired) electrons. The summed E-state index contributed by atoms with van der Waals surface area (Å²) in [6.45, 7) is 0. The lowest BCUT2D eigenvalue weighted by Gasteiger charge is -2.06. The zero-order valence-electron chi connectivity index (χ0n) is 8.52. The topological polar surface area (TPSA) is 60.9 Å². The van der Waals surface area contributed by atoms with Gasteiger partial charge in [-0.15, -0.1) is 0 Å². The highest BCUT2D eigenvalue weighted by Gasteiger charge is 2.06. The predicted molar refractivity (Wildman–Crippen MR) is 63.2 cm³/mol. The molecular weight excluding hydrogens is 210 g/mol.